The van der Waals surface area contributed by atoms with E-state index in [0.29, 0.717) is 0 Å². The lowest BCUT2D eigenvalue weighted by molar-refractivity contribution is 0.147. The fourth-order valence-electron chi connectivity index (χ4n) is 1.97. The second kappa shape index (κ2) is 7.37. The van der Waals surface area contributed by atoms with Crippen molar-refractivity contribution in [3.8, 4) is 6.07 Å². The largest absolute Gasteiger partial charge is 0.396 e. The monoisotopic (exact) mass is 278 g/mol. The molecule has 0 amide bonds. The van der Waals surface area contributed by atoms with Crippen LogP contribution in [0.3, 0.4) is 0 Å². The zero-order valence-corrected chi connectivity index (χ0v) is 12.4. The lowest BCUT2D eigenvalue weighted by Gasteiger charge is -2.22. The third-order valence-electron chi connectivity index (χ3n) is 3.52. The quantitative estimate of drug-likeness (QED) is 0.753. The predicted molar refractivity (Wildman–Crippen MR) is 77.6 cm³/mol. The molecule has 0 heterocycles. The van der Waals surface area contributed by atoms with E-state index < -0.39 is 5.82 Å². The van der Waals surface area contributed by atoms with E-state index in [0.717, 1.165) is 24.9 Å². The van der Waals surface area contributed by atoms with E-state index >= 15 is 0 Å². The average molecular weight is 278 g/mol. The number of rotatable bonds is 7. The summed E-state index contributed by atoms with van der Waals surface area (Å²) in [5, 5.41) is 21.2. The molecule has 1 unspecified atom stereocenters. The van der Waals surface area contributed by atoms with Crippen LogP contribution in [0.4, 0.5) is 4.39 Å². The van der Waals surface area contributed by atoms with E-state index in [2.05, 4.69) is 5.32 Å². The van der Waals surface area contributed by atoms with Gasteiger partial charge in [0.15, 0.2) is 0 Å². The average Bonchev–Trinajstić information content (AvgIpc) is 2.43. The molecule has 0 saturated carbocycles. The Morgan fingerprint density at radius 3 is 2.70 bits per heavy atom. The van der Waals surface area contributed by atoms with Crippen LogP contribution in [0.1, 0.15) is 50.8 Å². The summed E-state index contributed by atoms with van der Waals surface area (Å²) >= 11 is 0. The molecule has 0 aliphatic carbocycles. The minimum Gasteiger partial charge on any atom is -0.396 e. The number of nitrogens with zero attached hydrogens (tertiary/aromatic N) is 1. The van der Waals surface area contributed by atoms with Gasteiger partial charge in [0, 0.05) is 12.6 Å². The summed E-state index contributed by atoms with van der Waals surface area (Å²) in [4.78, 5) is 0. The molecule has 0 aliphatic heterocycles. The van der Waals surface area contributed by atoms with Gasteiger partial charge in [-0.1, -0.05) is 19.9 Å². The molecule has 1 aromatic rings. The van der Waals surface area contributed by atoms with Crippen LogP contribution in [0.25, 0.3) is 0 Å². The highest BCUT2D eigenvalue weighted by molar-refractivity contribution is 5.34. The first kappa shape index (κ1) is 16.6. The lowest BCUT2D eigenvalue weighted by atomic mass is 9.89. The van der Waals surface area contributed by atoms with Crippen LogP contribution in [0, 0.1) is 22.6 Å². The highest BCUT2D eigenvalue weighted by atomic mass is 19.1. The van der Waals surface area contributed by atoms with Gasteiger partial charge in [0.05, 0.1) is 5.56 Å². The maximum Gasteiger partial charge on any atom is 0.141 e. The Kier molecular flexibility index (Phi) is 6.12. The molecule has 0 spiro atoms. The summed E-state index contributed by atoms with van der Waals surface area (Å²) in [7, 11) is 0. The van der Waals surface area contributed by atoms with Gasteiger partial charge in [-0.3, -0.25) is 0 Å². The maximum absolute atomic E-state index is 13.5. The Hall–Kier alpha value is -1.44. The number of nitriles is 1. The van der Waals surface area contributed by atoms with Crippen LogP contribution in [-0.4, -0.2) is 18.3 Å². The van der Waals surface area contributed by atoms with E-state index in [1.54, 1.807) is 6.07 Å². The molecule has 2 N–H and O–H groups in total. The SMILES string of the molecule is CC(NCCCC(C)(C)CO)c1ccc(C#N)c(F)c1. The smallest absolute Gasteiger partial charge is 0.141 e. The molecular formula is C16H23FN2O. The molecule has 0 radical (unpaired) electrons. The number of hydrogen-bond donors (Lipinski definition) is 2. The molecule has 0 saturated heterocycles. The number of hydrogen-bond acceptors (Lipinski definition) is 3. The summed E-state index contributed by atoms with van der Waals surface area (Å²) in [5.74, 6) is -0.472. The van der Waals surface area contributed by atoms with Crippen molar-refractivity contribution in [2.75, 3.05) is 13.2 Å². The number of nitrogens with one attached hydrogen (secondary N) is 1. The number of aliphatic hydroxyl groups is 1. The Balaban J connectivity index is 2.46. The van der Waals surface area contributed by atoms with Gasteiger partial charge in [-0.25, -0.2) is 4.39 Å². The van der Waals surface area contributed by atoms with Gasteiger partial charge in [0.2, 0.25) is 0 Å². The Bertz CT molecular complexity index is 480. The second-order valence-electron chi connectivity index (χ2n) is 5.95. The lowest BCUT2D eigenvalue weighted by Crippen LogP contribution is -2.23. The predicted octanol–water partition coefficient (Wildman–Crippen LogP) is 3.15. The van der Waals surface area contributed by atoms with Crippen molar-refractivity contribution in [2.24, 2.45) is 5.41 Å². The van der Waals surface area contributed by atoms with Crippen LogP contribution in [-0.2, 0) is 0 Å². The third-order valence-corrected chi connectivity index (χ3v) is 3.52. The molecule has 1 rings (SSSR count). The zero-order valence-electron chi connectivity index (χ0n) is 12.4. The normalized spacial score (nSPS) is 13.0. The number of benzene rings is 1. The van der Waals surface area contributed by atoms with E-state index in [9.17, 15) is 9.50 Å². The van der Waals surface area contributed by atoms with E-state index in [4.69, 9.17) is 5.26 Å². The number of aliphatic hydroxyl groups excluding tert-OH is 1. The minimum absolute atomic E-state index is 0.0366. The van der Waals surface area contributed by atoms with Crippen molar-refractivity contribution < 1.29 is 9.50 Å². The molecule has 0 aliphatic rings. The van der Waals surface area contributed by atoms with E-state index in [1.165, 1.54) is 12.1 Å². The first-order valence-corrected chi connectivity index (χ1v) is 6.93. The van der Waals surface area contributed by atoms with Crippen LogP contribution in [0.15, 0.2) is 18.2 Å². The Labute approximate surface area is 120 Å². The summed E-state index contributed by atoms with van der Waals surface area (Å²) in [5.41, 5.74) is 0.861. The summed E-state index contributed by atoms with van der Waals surface area (Å²) in [6, 6.07) is 6.55. The van der Waals surface area contributed by atoms with Gasteiger partial charge in [-0.2, -0.15) is 5.26 Å². The summed E-state index contributed by atoms with van der Waals surface area (Å²) in [6.07, 6.45) is 1.89. The van der Waals surface area contributed by atoms with Gasteiger partial charge >= 0.3 is 0 Å². The van der Waals surface area contributed by atoms with Crippen molar-refractivity contribution in [1.29, 1.82) is 5.26 Å². The molecule has 0 aromatic heterocycles. The molecule has 1 atom stereocenters. The second-order valence-corrected chi connectivity index (χ2v) is 5.95. The maximum atomic E-state index is 13.5. The van der Waals surface area contributed by atoms with Crippen molar-refractivity contribution in [3.05, 3.63) is 35.1 Å². The fourth-order valence-corrected chi connectivity index (χ4v) is 1.97. The summed E-state index contributed by atoms with van der Waals surface area (Å²) in [6.45, 7) is 7.03. The van der Waals surface area contributed by atoms with Gasteiger partial charge < -0.3 is 10.4 Å². The van der Waals surface area contributed by atoms with E-state index in [1.807, 2.05) is 26.8 Å². The molecule has 4 heteroatoms. The molecule has 3 nitrogen and oxygen atoms in total. The minimum atomic E-state index is -0.472. The molecule has 110 valence electrons. The van der Waals surface area contributed by atoms with Gasteiger partial charge in [-0.05, 0) is 49.4 Å². The first-order valence-electron chi connectivity index (χ1n) is 6.93. The highest BCUT2D eigenvalue weighted by Gasteiger charge is 2.15. The van der Waals surface area contributed by atoms with Crippen LogP contribution in [0.5, 0.6) is 0 Å². The fraction of sp³-hybridized carbons (Fsp3) is 0.562. The highest BCUT2D eigenvalue weighted by Crippen LogP contribution is 2.21. The van der Waals surface area contributed by atoms with Crippen molar-refractivity contribution in [2.45, 2.75) is 39.7 Å². The summed E-state index contributed by atoms with van der Waals surface area (Å²) < 4.78 is 13.5. The van der Waals surface area contributed by atoms with Gasteiger partial charge in [0.1, 0.15) is 11.9 Å². The topological polar surface area (TPSA) is 56.0 Å². The van der Waals surface area contributed by atoms with Crippen LogP contribution in [0.2, 0.25) is 0 Å². The third kappa shape index (κ3) is 4.92. The van der Waals surface area contributed by atoms with Crippen molar-refractivity contribution in [1.82, 2.24) is 5.32 Å². The molecule has 20 heavy (non-hydrogen) atoms. The molecule has 1 aromatic carbocycles. The van der Waals surface area contributed by atoms with Crippen molar-refractivity contribution >= 4 is 0 Å². The molecule has 0 fully saturated rings. The standard InChI is InChI=1S/C16H23FN2O/c1-12(19-8-4-7-16(2,3)11-20)13-5-6-14(10-18)15(17)9-13/h5-6,9,12,19-20H,4,7-8,11H2,1-3H3. The number of halogens is 1. The van der Waals surface area contributed by atoms with Crippen molar-refractivity contribution in [3.63, 3.8) is 0 Å². The van der Waals surface area contributed by atoms with Gasteiger partial charge in [0.25, 0.3) is 0 Å². The van der Waals surface area contributed by atoms with Crippen LogP contribution < -0.4 is 5.32 Å². The first-order chi connectivity index (χ1) is 9.39. The van der Waals surface area contributed by atoms with Gasteiger partial charge in [-0.15, -0.1) is 0 Å². The zero-order chi connectivity index (χ0) is 15.2. The Morgan fingerprint density at radius 2 is 2.15 bits per heavy atom. The molecule has 0 bridgehead atoms. The van der Waals surface area contributed by atoms with E-state index in [-0.39, 0.29) is 23.6 Å². The van der Waals surface area contributed by atoms with Crippen LogP contribution >= 0.6 is 0 Å². The molecular weight excluding hydrogens is 255 g/mol. The Morgan fingerprint density at radius 1 is 1.45 bits per heavy atom.